The Morgan fingerprint density at radius 1 is 0.742 bits per heavy atom. The fraction of sp³-hybridized carbons (Fsp3) is 0.733. The van der Waals surface area contributed by atoms with Gasteiger partial charge in [-0.25, -0.2) is 0 Å². The van der Waals surface area contributed by atoms with E-state index < -0.39 is 0 Å². The summed E-state index contributed by atoms with van der Waals surface area (Å²) in [6.07, 6.45) is 20.8. The number of ether oxygens (including phenoxy) is 1. The average Bonchev–Trinajstić information content (AvgIpc) is 2.82. The topological polar surface area (TPSA) is 9.23 Å². The Bertz CT molecular complexity index is 648. The van der Waals surface area contributed by atoms with Crippen LogP contribution in [0.4, 0.5) is 0 Å². The molecule has 0 N–H and O–H groups in total. The van der Waals surface area contributed by atoms with E-state index in [-0.39, 0.29) is 0 Å². The second-order valence-electron chi connectivity index (χ2n) is 10.2. The summed E-state index contributed by atoms with van der Waals surface area (Å²) in [7, 11) is 0. The van der Waals surface area contributed by atoms with Crippen molar-refractivity contribution in [2.75, 3.05) is 6.61 Å². The molecule has 0 amide bonds. The minimum absolute atomic E-state index is 0.603. The molecule has 1 nitrogen and oxygen atoms in total. The first kappa shape index (κ1) is 24.2. The van der Waals surface area contributed by atoms with Gasteiger partial charge in [0, 0.05) is 11.5 Å². The summed E-state index contributed by atoms with van der Waals surface area (Å²) >= 11 is 0. The van der Waals surface area contributed by atoms with E-state index in [9.17, 15) is 0 Å². The van der Waals surface area contributed by atoms with Crippen molar-refractivity contribution >= 4 is 0 Å². The Labute approximate surface area is 192 Å². The summed E-state index contributed by atoms with van der Waals surface area (Å²) in [5.74, 6) is 11.6. The highest BCUT2D eigenvalue weighted by molar-refractivity contribution is 5.38. The predicted molar refractivity (Wildman–Crippen MR) is 133 cm³/mol. The van der Waals surface area contributed by atoms with Crippen molar-refractivity contribution in [2.45, 2.75) is 110 Å². The van der Waals surface area contributed by atoms with E-state index in [1.165, 1.54) is 89.9 Å². The highest BCUT2D eigenvalue weighted by atomic mass is 16.5. The van der Waals surface area contributed by atoms with Gasteiger partial charge in [-0.1, -0.05) is 77.1 Å². The van der Waals surface area contributed by atoms with Gasteiger partial charge in [-0.05, 0) is 87.0 Å². The van der Waals surface area contributed by atoms with Gasteiger partial charge < -0.3 is 4.74 Å². The summed E-state index contributed by atoms with van der Waals surface area (Å²) in [6, 6.07) is 8.39. The molecule has 1 aromatic rings. The van der Waals surface area contributed by atoms with Crippen molar-refractivity contribution in [1.29, 1.82) is 0 Å². The summed E-state index contributed by atoms with van der Waals surface area (Å²) in [5.41, 5.74) is 1.13. The first-order valence-electron chi connectivity index (χ1n) is 13.5. The van der Waals surface area contributed by atoms with Crippen LogP contribution in [0.25, 0.3) is 0 Å². The molecule has 2 saturated carbocycles. The van der Waals surface area contributed by atoms with Crippen molar-refractivity contribution in [3.8, 4) is 17.6 Å². The highest BCUT2D eigenvalue weighted by Crippen LogP contribution is 2.42. The van der Waals surface area contributed by atoms with Gasteiger partial charge in [0.2, 0.25) is 0 Å². The van der Waals surface area contributed by atoms with Gasteiger partial charge in [-0.15, -0.1) is 0 Å². The maximum Gasteiger partial charge on any atom is 0.119 e. The molecule has 0 atom stereocenters. The minimum Gasteiger partial charge on any atom is -0.494 e. The number of benzene rings is 1. The molecule has 0 unspecified atom stereocenters. The zero-order valence-electron chi connectivity index (χ0n) is 20.3. The normalized spacial score (nSPS) is 26.1. The summed E-state index contributed by atoms with van der Waals surface area (Å²) < 4.78 is 5.81. The van der Waals surface area contributed by atoms with Gasteiger partial charge in [-0.3, -0.25) is 0 Å². The number of hydrogen-bond donors (Lipinski definition) is 0. The van der Waals surface area contributed by atoms with Crippen LogP contribution >= 0.6 is 0 Å². The molecule has 0 saturated heterocycles. The van der Waals surface area contributed by atoms with Crippen LogP contribution in [-0.2, 0) is 0 Å². The fourth-order valence-corrected chi connectivity index (χ4v) is 5.73. The van der Waals surface area contributed by atoms with E-state index in [1.807, 2.05) is 0 Å². The van der Waals surface area contributed by atoms with Crippen LogP contribution in [0.1, 0.15) is 116 Å². The molecule has 0 spiro atoms. The lowest BCUT2D eigenvalue weighted by Crippen LogP contribution is -2.25. The molecule has 3 rings (SSSR count). The first-order valence-corrected chi connectivity index (χ1v) is 13.5. The Morgan fingerprint density at radius 2 is 1.35 bits per heavy atom. The molecular weight excluding hydrogens is 376 g/mol. The molecule has 31 heavy (non-hydrogen) atoms. The van der Waals surface area contributed by atoms with E-state index in [0.29, 0.717) is 5.92 Å². The molecule has 0 heterocycles. The van der Waals surface area contributed by atoms with Crippen molar-refractivity contribution < 1.29 is 4.74 Å². The average molecular weight is 423 g/mol. The van der Waals surface area contributed by atoms with Gasteiger partial charge in [0.15, 0.2) is 0 Å². The third-order valence-corrected chi connectivity index (χ3v) is 7.84. The molecule has 0 bridgehead atoms. The SMILES string of the molecule is CCCCCOc1ccc(C#CC2CCC([C@H]3CC[C@H](CCCCC)CC3)CC2)cc1. The molecule has 2 aliphatic carbocycles. The van der Waals surface area contributed by atoms with E-state index in [0.717, 1.165) is 42.1 Å². The molecule has 1 aromatic carbocycles. The van der Waals surface area contributed by atoms with Gasteiger partial charge in [-0.2, -0.15) is 0 Å². The molecule has 0 aromatic heterocycles. The monoisotopic (exact) mass is 422 g/mol. The van der Waals surface area contributed by atoms with E-state index >= 15 is 0 Å². The quantitative estimate of drug-likeness (QED) is 0.270. The lowest BCUT2D eigenvalue weighted by atomic mass is 9.69. The third kappa shape index (κ3) is 8.56. The summed E-state index contributed by atoms with van der Waals surface area (Å²) in [5, 5.41) is 0. The molecule has 1 heteroatoms. The minimum atomic E-state index is 0.603. The molecule has 2 aliphatic rings. The van der Waals surface area contributed by atoms with Crippen LogP contribution in [0.5, 0.6) is 5.75 Å². The van der Waals surface area contributed by atoms with Gasteiger partial charge in [0.1, 0.15) is 5.75 Å². The lowest BCUT2D eigenvalue weighted by molar-refractivity contribution is 0.153. The van der Waals surface area contributed by atoms with Crippen LogP contribution in [0.3, 0.4) is 0 Å². The number of unbranched alkanes of at least 4 members (excludes halogenated alkanes) is 4. The van der Waals surface area contributed by atoms with Crippen molar-refractivity contribution in [3.63, 3.8) is 0 Å². The summed E-state index contributed by atoms with van der Waals surface area (Å²) in [4.78, 5) is 0. The standard InChI is InChI=1S/C30H46O/c1-3-5-7-9-25-12-18-28(19-13-25)29-20-14-26(15-21-29)10-11-27-16-22-30(23-17-27)31-24-8-6-4-2/h16-17,22-23,25-26,28-29H,3-9,12-15,18-21,24H2,1-2H3/t25-,26?,28-,29?. The fourth-order valence-electron chi connectivity index (χ4n) is 5.73. The Balaban J connectivity index is 1.35. The molecular formula is C30H46O. The predicted octanol–water partition coefficient (Wildman–Crippen LogP) is 8.80. The van der Waals surface area contributed by atoms with Crippen molar-refractivity contribution in [1.82, 2.24) is 0 Å². The van der Waals surface area contributed by atoms with Gasteiger partial charge >= 0.3 is 0 Å². The Kier molecular flexibility index (Phi) is 10.8. The second kappa shape index (κ2) is 13.9. The largest absolute Gasteiger partial charge is 0.494 e. The number of rotatable bonds is 10. The van der Waals surface area contributed by atoms with Crippen molar-refractivity contribution in [2.24, 2.45) is 23.7 Å². The second-order valence-corrected chi connectivity index (χ2v) is 10.2. The van der Waals surface area contributed by atoms with Crippen LogP contribution in [0.2, 0.25) is 0 Å². The molecule has 0 aliphatic heterocycles. The van der Waals surface area contributed by atoms with Crippen LogP contribution in [0.15, 0.2) is 24.3 Å². The lowest BCUT2D eigenvalue weighted by Gasteiger charge is -2.37. The van der Waals surface area contributed by atoms with E-state index in [1.54, 1.807) is 0 Å². The third-order valence-electron chi connectivity index (χ3n) is 7.84. The maximum atomic E-state index is 5.81. The zero-order chi connectivity index (χ0) is 21.7. The highest BCUT2D eigenvalue weighted by Gasteiger charge is 2.30. The van der Waals surface area contributed by atoms with Gasteiger partial charge in [0.05, 0.1) is 6.61 Å². The van der Waals surface area contributed by atoms with Crippen molar-refractivity contribution in [3.05, 3.63) is 29.8 Å². The maximum absolute atomic E-state index is 5.81. The van der Waals surface area contributed by atoms with Crippen LogP contribution < -0.4 is 4.74 Å². The Morgan fingerprint density at radius 3 is 2.00 bits per heavy atom. The first-order chi connectivity index (χ1) is 15.3. The van der Waals surface area contributed by atoms with Crippen LogP contribution in [0, 0.1) is 35.5 Å². The molecule has 0 radical (unpaired) electrons. The Hall–Kier alpha value is -1.42. The number of hydrogen-bond acceptors (Lipinski definition) is 1. The summed E-state index contributed by atoms with van der Waals surface area (Å²) in [6.45, 7) is 5.36. The zero-order valence-corrected chi connectivity index (χ0v) is 20.3. The van der Waals surface area contributed by atoms with E-state index in [2.05, 4.69) is 50.0 Å². The van der Waals surface area contributed by atoms with Crippen LogP contribution in [-0.4, -0.2) is 6.61 Å². The molecule has 2 fully saturated rings. The van der Waals surface area contributed by atoms with E-state index in [4.69, 9.17) is 4.74 Å². The van der Waals surface area contributed by atoms with Gasteiger partial charge in [0.25, 0.3) is 0 Å². The molecule has 172 valence electrons. The smallest absolute Gasteiger partial charge is 0.119 e.